The third kappa shape index (κ3) is 4.69. The first-order valence-corrected chi connectivity index (χ1v) is 10.6. The molecule has 1 amide bonds. The van der Waals surface area contributed by atoms with Crippen molar-refractivity contribution >= 4 is 45.9 Å². The molecular weight excluding hydrogens is 408 g/mol. The number of anilines is 1. The highest BCUT2D eigenvalue weighted by Crippen LogP contribution is 2.40. The zero-order chi connectivity index (χ0) is 21.0. The SMILES string of the molecule is CCOC(=O)c1c(NC(=O)/C(C#N)=C/c2ccccc2Cl)sc2c1CCC(C)C2. The van der Waals surface area contributed by atoms with Crippen LogP contribution < -0.4 is 5.32 Å². The molecular formula is C22H21ClN2O3S. The highest BCUT2D eigenvalue weighted by atomic mass is 35.5. The first-order valence-electron chi connectivity index (χ1n) is 9.43. The summed E-state index contributed by atoms with van der Waals surface area (Å²) in [5.74, 6) is -0.498. The fraction of sp³-hybridized carbons (Fsp3) is 0.318. The molecule has 1 aliphatic rings. The minimum absolute atomic E-state index is 0.0901. The van der Waals surface area contributed by atoms with Gasteiger partial charge in [0.2, 0.25) is 0 Å². The van der Waals surface area contributed by atoms with Crippen LogP contribution in [0.2, 0.25) is 5.02 Å². The van der Waals surface area contributed by atoms with Crippen LogP contribution in [0.1, 0.15) is 46.6 Å². The minimum atomic E-state index is -0.579. The number of hydrogen-bond acceptors (Lipinski definition) is 5. The number of halogens is 1. The van der Waals surface area contributed by atoms with E-state index in [2.05, 4.69) is 12.2 Å². The average Bonchev–Trinajstić information content (AvgIpc) is 3.04. The van der Waals surface area contributed by atoms with Gasteiger partial charge in [0.25, 0.3) is 5.91 Å². The number of nitrogens with one attached hydrogen (secondary N) is 1. The average molecular weight is 429 g/mol. The van der Waals surface area contributed by atoms with Gasteiger partial charge in [0.15, 0.2) is 0 Å². The lowest BCUT2D eigenvalue weighted by Gasteiger charge is -2.18. The zero-order valence-corrected chi connectivity index (χ0v) is 17.8. The van der Waals surface area contributed by atoms with E-state index < -0.39 is 11.9 Å². The van der Waals surface area contributed by atoms with E-state index in [0.29, 0.717) is 27.1 Å². The van der Waals surface area contributed by atoms with Crippen molar-refractivity contribution in [2.75, 3.05) is 11.9 Å². The molecule has 1 aromatic carbocycles. The molecule has 29 heavy (non-hydrogen) atoms. The zero-order valence-electron chi connectivity index (χ0n) is 16.3. The van der Waals surface area contributed by atoms with Crippen molar-refractivity contribution < 1.29 is 14.3 Å². The predicted octanol–water partition coefficient (Wildman–Crippen LogP) is 5.25. The van der Waals surface area contributed by atoms with Crippen LogP contribution in [0.15, 0.2) is 29.8 Å². The molecule has 0 radical (unpaired) electrons. The number of nitriles is 1. The Morgan fingerprint density at radius 3 is 2.86 bits per heavy atom. The monoisotopic (exact) mass is 428 g/mol. The fourth-order valence-electron chi connectivity index (χ4n) is 3.32. The Balaban J connectivity index is 1.94. The maximum Gasteiger partial charge on any atom is 0.341 e. The fourth-order valence-corrected chi connectivity index (χ4v) is 4.91. The summed E-state index contributed by atoms with van der Waals surface area (Å²) >= 11 is 7.52. The molecule has 1 N–H and O–H groups in total. The number of hydrogen-bond donors (Lipinski definition) is 1. The molecule has 3 rings (SSSR count). The van der Waals surface area contributed by atoms with Crippen molar-refractivity contribution in [3.8, 4) is 6.07 Å². The van der Waals surface area contributed by atoms with Gasteiger partial charge in [-0.1, -0.05) is 36.7 Å². The maximum absolute atomic E-state index is 12.8. The Morgan fingerprint density at radius 2 is 2.17 bits per heavy atom. The second-order valence-electron chi connectivity index (χ2n) is 6.92. The van der Waals surface area contributed by atoms with Crippen molar-refractivity contribution in [1.82, 2.24) is 0 Å². The summed E-state index contributed by atoms with van der Waals surface area (Å²) in [6, 6.07) is 8.88. The summed E-state index contributed by atoms with van der Waals surface area (Å²) in [5.41, 5.74) is 1.86. The van der Waals surface area contributed by atoms with Gasteiger partial charge in [0, 0.05) is 9.90 Å². The number of fused-ring (bicyclic) bond motifs is 1. The van der Waals surface area contributed by atoms with Gasteiger partial charge < -0.3 is 10.1 Å². The lowest BCUT2D eigenvalue weighted by Crippen LogP contribution is -2.17. The summed E-state index contributed by atoms with van der Waals surface area (Å²) in [5, 5.41) is 13.1. The normalized spacial score (nSPS) is 15.9. The van der Waals surface area contributed by atoms with E-state index in [1.807, 2.05) is 6.07 Å². The molecule has 5 nitrogen and oxygen atoms in total. The van der Waals surface area contributed by atoms with E-state index in [1.165, 1.54) is 17.4 Å². The van der Waals surface area contributed by atoms with Gasteiger partial charge in [-0.2, -0.15) is 5.26 Å². The van der Waals surface area contributed by atoms with Gasteiger partial charge in [-0.25, -0.2) is 4.79 Å². The van der Waals surface area contributed by atoms with E-state index in [-0.39, 0.29) is 12.2 Å². The molecule has 1 heterocycles. The Hall–Kier alpha value is -2.62. The van der Waals surface area contributed by atoms with Crippen molar-refractivity contribution in [3.63, 3.8) is 0 Å². The van der Waals surface area contributed by atoms with Crippen LogP contribution in [0.4, 0.5) is 5.00 Å². The minimum Gasteiger partial charge on any atom is -0.462 e. The Kier molecular flexibility index (Phi) is 6.73. The van der Waals surface area contributed by atoms with Crippen LogP contribution in [0, 0.1) is 17.2 Å². The molecule has 7 heteroatoms. The molecule has 150 valence electrons. The number of nitrogens with zero attached hydrogens (tertiary/aromatic N) is 1. The molecule has 0 fully saturated rings. The number of carbonyl (C=O) groups is 2. The van der Waals surface area contributed by atoms with E-state index in [4.69, 9.17) is 16.3 Å². The Morgan fingerprint density at radius 1 is 1.41 bits per heavy atom. The molecule has 1 unspecified atom stereocenters. The molecule has 1 aliphatic carbocycles. The predicted molar refractivity (Wildman–Crippen MR) is 115 cm³/mol. The molecule has 0 aliphatic heterocycles. The largest absolute Gasteiger partial charge is 0.462 e. The highest BCUT2D eigenvalue weighted by Gasteiger charge is 2.29. The van der Waals surface area contributed by atoms with Crippen LogP contribution in [0.25, 0.3) is 6.08 Å². The van der Waals surface area contributed by atoms with E-state index in [9.17, 15) is 14.9 Å². The third-order valence-corrected chi connectivity index (χ3v) is 6.30. The molecule has 0 bridgehead atoms. The second kappa shape index (κ2) is 9.25. The lowest BCUT2D eigenvalue weighted by molar-refractivity contribution is -0.112. The highest BCUT2D eigenvalue weighted by molar-refractivity contribution is 7.17. The number of carbonyl (C=O) groups excluding carboxylic acids is 2. The first kappa shape index (κ1) is 21.1. The molecule has 1 atom stereocenters. The second-order valence-corrected chi connectivity index (χ2v) is 8.43. The van der Waals surface area contributed by atoms with Gasteiger partial charge in [-0.3, -0.25) is 4.79 Å². The topological polar surface area (TPSA) is 79.2 Å². The molecule has 1 aromatic heterocycles. The molecule has 0 spiro atoms. The number of esters is 1. The maximum atomic E-state index is 12.8. The number of thiophene rings is 1. The van der Waals surface area contributed by atoms with Crippen molar-refractivity contribution in [2.24, 2.45) is 5.92 Å². The lowest BCUT2D eigenvalue weighted by atomic mass is 9.88. The van der Waals surface area contributed by atoms with Gasteiger partial charge in [0.05, 0.1) is 12.2 Å². The van der Waals surface area contributed by atoms with Gasteiger partial charge in [0.1, 0.15) is 16.6 Å². The number of amides is 1. The van der Waals surface area contributed by atoms with Crippen molar-refractivity contribution in [2.45, 2.75) is 33.1 Å². The van der Waals surface area contributed by atoms with Crippen molar-refractivity contribution in [3.05, 3.63) is 56.4 Å². The Bertz CT molecular complexity index is 1020. The smallest absolute Gasteiger partial charge is 0.341 e. The molecule has 2 aromatic rings. The molecule has 0 saturated heterocycles. The standard InChI is InChI=1S/C22H21ClN2O3S/c1-3-28-22(27)19-16-9-8-13(2)10-18(16)29-21(19)25-20(26)15(12-24)11-14-6-4-5-7-17(14)23/h4-7,11,13H,3,8-10H2,1-2H3,(H,25,26)/b15-11+. The van der Waals surface area contributed by atoms with E-state index in [1.54, 1.807) is 31.2 Å². The van der Waals surface area contributed by atoms with Gasteiger partial charge in [-0.15, -0.1) is 11.3 Å². The van der Waals surface area contributed by atoms with Crippen LogP contribution in [0.3, 0.4) is 0 Å². The van der Waals surface area contributed by atoms with Gasteiger partial charge >= 0.3 is 5.97 Å². The van der Waals surface area contributed by atoms with E-state index >= 15 is 0 Å². The number of ether oxygens (including phenoxy) is 1. The van der Waals surface area contributed by atoms with Crippen LogP contribution in [0.5, 0.6) is 0 Å². The van der Waals surface area contributed by atoms with Crippen LogP contribution >= 0.6 is 22.9 Å². The number of benzene rings is 1. The molecule has 0 saturated carbocycles. The summed E-state index contributed by atoms with van der Waals surface area (Å²) in [6.45, 7) is 4.17. The number of rotatable bonds is 5. The first-order chi connectivity index (χ1) is 13.9. The van der Waals surface area contributed by atoms with Gasteiger partial charge in [-0.05, 0) is 55.4 Å². The summed E-state index contributed by atoms with van der Waals surface area (Å²) < 4.78 is 5.22. The van der Waals surface area contributed by atoms with Crippen molar-refractivity contribution in [1.29, 1.82) is 5.26 Å². The Labute approximate surface area is 178 Å². The quantitative estimate of drug-likeness (QED) is 0.400. The summed E-state index contributed by atoms with van der Waals surface area (Å²) in [7, 11) is 0. The van der Waals surface area contributed by atoms with Crippen LogP contribution in [-0.4, -0.2) is 18.5 Å². The summed E-state index contributed by atoms with van der Waals surface area (Å²) in [4.78, 5) is 26.4. The van der Waals surface area contributed by atoms with E-state index in [0.717, 1.165) is 29.7 Å². The third-order valence-electron chi connectivity index (χ3n) is 4.79. The van der Waals surface area contributed by atoms with Crippen LogP contribution in [-0.2, 0) is 22.4 Å². The summed E-state index contributed by atoms with van der Waals surface area (Å²) in [6.07, 6.45) is 4.07.